The van der Waals surface area contributed by atoms with Gasteiger partial charge in [0.05, 0.1) is 13.2 Å². The minimum Gasteiger partial charge on any atom is -0.496 e. The van der Waals surface area contributed by atoms with E-state index in [2.05, 4.69) is 10.3 Å². The van der Waals surface area contributed by atoms with Gasteiger partial charge in [-0.2, -0.15) is 0 Å². The summed E-state index contributed by atoms with van der Waals surface area (Å²) in [7, 11) is 1.59. The molecule has 0 unspecified atom stereocenters. The van der Waals surface area contributed by atoms with Crippen LogP contribution in [-0.2, 0) is 14.4 Å². The van der Waals surface area contributed by atoms with Gasteiger partial charge in [-0.05, 0) is 62.1 Å². The first-order valence-electron chi connectivity index (χ1n) is 12.2. The fraction of sp³-hybridized carbons (Fsp3) is 0.538. The van der Waals surface area contributed by atoms with Crippen molar-refractivity contribution in [1.82, 2.24) is 15.2 Å². The summed E-state index contributed by atoms with van der Waals surface area (Å²) in [5.74, 6) is 0.533. The first-order valence-corrected chi connectivity index (χ1v) is 12.2. The van der Waals surface area contributed by atoms with E-state index < -0.39 is 12.1 Å². The number of aromatic amines is 1. The molecule has 2 saturated carbocycles. The van der Waals surface area contributed by atoms with Gasteiger partial charge in [0.2, 0.25) is 5.91 Å². The topological polar surface area (TPSA) is 109 Å². The van der Waals surface area contributed by atoms with Gasteiger partial charge in [-0.3, -0.25) is 14.4 Å². The number of aldehydes is 1. The Balaban J connectivity index is 1.37. The van der Waals surface area contributed by atoms with Crippen LogP contribution < -0.4 is 10.1 Å². The second-order valence-corrected chi connectivity index (χ2v) is 9.90. The van der Waals surface area contributed by atoms with Crippen molar-refractivity contribution in [2.75, 3.05) is 13.7 Å². The number of amides is 2. The van der Waals surface area contributed by atoms with Crippen LogP contribution in [0.5, 0.6) is 5.75 Å². The van der Waals surface area contributed by atoms with Crippen molar-refractivity contribution in [2.24, 2.45) is 17.8 Å². The average Bonchev–Trinajstić information content (AvgIpc) is 3.61. The summed E-state index contributed by atoms with van der Waals surface area (Å²) in [5, 5.41) is 3.68. The van der Waals surface area contributed by atoms with E-state index in [1.807, 2.05) is 18.2 Å². The van der Waals surface area contributed by atoms with E-state index in [4.69, 9.17) is 4.74 Å². The van der Waals surface area contributed by atoms with Crippen LogP contribution in [0.25, 0.3) is 10.9 Å². The summed E-state index contributed by atoms with van der Waals surface area (Å²) in [6, 6.07) is 6.03. The van der Waals surface area contributed by atoms with Crippen molar-refractivity contribution >= 4 is 34.8 Å². The summed E-state index contributed by atoms with van der Waals surface area (Å²) in [6.45, 7) is 0.529. The molecule has 5 rings (SSSR count). The summed E-state index contributed by atoms with van der Waals surface area (Å²) in [5.41, 5.74) is 1.21. The Labute approximate surface area is 198 Å². The molecule has 0 radical (unpaired) electrons. The van der Waals surface area contributed by atoms with Crippen molar-refractivity contribution < 1.29 is 23.9 Å². The number of benzene rings is 1. The largest absolute Gasteiger partial charge is 0.496 e. The number of nitrogens with zero attached hydrogens (tertiary/aromatic N) is 1. The third kappa shape index (κ3) is 3.99. The zero-order chi connectivity index (χ0) is 23.8. The molecule has 2 heterocycles. The maximum atomic E-state index is 13.6. The fourth-order valence-electron chi connectivity index (χ4n) is 6.29. The van der Waals surface area contributed by atoms with E-state index in [0.717, 1.165) is 49.3 Å². The molecule has 0 bridgehead atoms. The molecule has 34 heavy (non-hydrogen) atoms. The van der Waals surface area contributed by atoms with E-state index in [1.165, 1.54) is 0 Å². The lowest BCUT2D eigenvalue weighted by Gasteiger charge is -2.28. The lowest BCUT2D eigenvalue weighted by molar-refractivity contribution is -0.129. The van der Waals surface area contributed by atoms with Crippen molar-refractivity contribution in [2.45, 2.75) is 57.0 Å². The Bertz CT molecular complexity index is 1120. The number of rotatable bonds is 7. The number of carbonyl (C=O) groups is 4. The molecule has 2 aliphatic carbocycles. The predicted octanol–water partition coefficient (Wildman–Crippen LogP) is 2.86. The number of nitrogens with one attached hydrogen (secondary N) is 2. The molecular formula is C26H31N3O5. The van der Waals surface area contributed by atoms with Crippen LogP contribution in [0.15, 0.2) is 24.3 Å². The molecule has 2 N–H and O–H groups in total. The molecule has 1 saturated heterocycles. The molecule has 5 atom stereocenters. The monoisotopic (exact) mass is 465 g/mol. The molecular weight excluding hydrogens is 434 g/mol. The van der Waals surface area contributed by atoms with E-state index in [1.54, 1.807) is 18.1 Å². The number of aromatic nitrogens is 1. The highest BCUT2D eigenvalue weighted by Crippen LogP contribution is 2.43. The first-order chi connectivity index (χ1) is 16.5. The summed E-state index contributed by atoms with van der Waals surface area (Å²) in [4.78, 5) is 55.7. The number of methoxy groups -OCH3 is 1. The van der Waals surface area contributed by atoms with E-state index >= 15 is 0 Å². The van der Waals surface area contributed by atoms with E-state index in [0.29, 0.717) is 30.8 Å². The van der Waals surface area contributed by atoms with Gasteiger partial charge in [-0.25, -0.2) is 0 Å². The van der Waals surface area contributed by atoms with Crippen molar-refractivity contribution in [3.8, 4) is 5.75 Å². The number of H-pyrrole nitrogens is 1. The lowest BCUT2D eigenvalue weighted by Crippen LogP contribution is -2.51. The lowest BCUT2D eigenvalue weighted by atomic mass is 9.92. The number of Topliss-reactive ketones (excluding diaryl/α,β-unsaturated/α-hetero) is 1. The maximum absolute atomic E-state index is 13.6. The van der Waals surface area contributed by atoms with Gasteiger partial charge in [-0.15, -0.1) is 0 Å². The Kier molecular flexibility index (Phi) is 6.15. The average molecular weight is 466 g/mol. The van der Waals surface area contributed by atoms with Crippen LogP contribution in [0, 0.1) is 17.8 Å². The molecule has 2 amide bonds. The van der Waals surface area contributed by atoms with Gasteiger partial charge in [0.1, 0.15) is 29.6 Å². The molecule has 1 aliphatic heterocycles. The summed E-state index contributed by atoms with van der Waals surface area (Å²) in [6.07, 6.45) is 6.14. The maximum Gasteiger partial charge on any atom is 0.271 e. The standard InChI is InChI=1S/C26H31N3O5/c1-34-23-10-4-8-20-19(23)12-21(28-20)26(33)29-13-16-6-2-7-18(16)24(29)25(32)27-17(14-30)11-15-5-3-9-22(15)31/h4,8,10,12,14-18,24,28H,2-3,5-7,9,11,13H2,1H3,(H,27,32)/t15-,16-,17-,18-,24-/m0/s1. The molecule has 180 valence electrons. The minimum absolute atomic E-state index is 0.0864. The van der Waals surface area contributed by atoms with Crippen molar-refractivity contribution in [3.63, 3.8) is 0 Å². The van der Waals surface area contributed by atoms with Crippen LogP contribution in [-0.4, -0.2) is 59.5 Å². The Hall–Kier alpha value is -3.16. The van der Waals surface area contributed by atoms with Gasteiger partial charge >= 0.3 is 0 Å². The van der Waals surface area contributed by atoms with E-state index in [9.17, 15) is 19.2 Å². The van der Waals surface area contributed by atoms with Crippen molar-refractivity contribution in [1.29, 1.82) is 0 Å². The number of hydrogen-bond acceptors (Lipinski definition) is 5. The molecule has 8 heteroatoms. The highest BCUT2D eigenvalue weighted by atomic mass is 16.5. The summed E-state index contributed by atoms with van der Waals surface area (Å²) < 4.78 is 5.42. The predicted molar refractivity (Wildman–Crippen MR) is 125 cm³/mol. The highest BCUT2D eigenvalue weighted by molar-refractivity contribution is 6.02. The van der Waals surface area contributed by atoms with Crippen LogP contribution in [0.3, 0.4) is 0 Å². The van der Waals surface area contributed by atoms with Gasteiger partial charge in [0, 0.05) is 29.8 Å². The third-order valence-corrected chi connectivity index (χ3v) is 7.96. The second-order valence-electron chi connectivity index (χ2n) is 9.90. The molecule has 1 aromatic heterocycles. The molecule has 3 fully saturated rings. The number of likely N-dealkylation sites (tertiary alicyclic amines) is 1. The zero-order valence-corrected chi connectivity index (χ0v) is 19.4. The number of ether oxygens (including phenoxy) is 1. The highest BCUT2D eigenvalue weighted by Gasteiger charge is 2.50. The van der Waals surface area contributed by atoms with Gasteiger partial charge < -0.3 is 24.7 Å². The number of hydrogen-bond donors (Lipinski definition) is 2. The number of ketones is 1. The van der Waals surface area contributed by atoms with Gasteiger partial charge in [-0.1, -0.05) is 12.5 Å². The molecule has 1 aromatic carbocycles. The number of carbonyl (C=O) groups excluding carboxylic acids is 4. The van der Waals surface area contributed by atoms with Crippen LogP contribution in [0.2, 0.25) is 0 Å². The Morgan fingerprint density at radius 1 is 1.26 bits per heavy atom. The van der Waals surface area contributed by atoms with Crippen LogP contribution >= 0.6 is 0 Å². The summed E-state index contributed by atoms with van der Waals surface area (Å²) >= 11 is 0. The molecule has 8 nitrogen and oxygen atoms in total. The van der Waals surface area contributed by atoms with Crippen LogP contribution in [0.4, 0.5) is 0 Å². The van der Waals surface area contributed by atoms with E-state index in [-0.39, 0.29) is 35.4 Å². The molecule has 0 spiro atoms. The fourth-order valence-corrected chi connectivity index (χ4v) is 6.29. The minimum atomic E-state index is -0.714. The SMILES string of the molecule is COc1cccc2[nH]c(C(=O)N3C[C@@H]4CCC[C@@H]4[C@H]3C(=O)N[C@H](C=O)C[C@@H]3CCCC3=O)cc12. The first kappa shape index (κ1) is 22.6. The molecule has 3 aliphatic rings. The Morgan fingerprint density at radius 2 is 2.12 bits per heavy atom. The number of fused-ring (bicyclic) bond motifs is 2. The van der Waals surface area contributed by atoms with Gasteiger partial charge in [0.25, 0.3) is 5.91 Å². The smallest absolute Gasteiger partial charge is 0.271 e. The van der Waals surface area contributed by atoms with Crippen LogP contribution in [0.1, 0.15) is 55.4 Å². The third-order valence-electron chi connectivity index (χ3n) is 7.96. The quantitative estimate of drug-likeness (QED) is 0.612. The zero-order valence-electron chi connectivity index (χ0n) is 19.4. The van der Waals surface area contributed by atoms with Crippen molar-refractivity contribution in [3.05, 3.63) is 30.0 Å². The Morgan fingerprint density at radius 3 is 2.85 bits per heavy atom. The van der Waals surface area contributed by atoms with Gasteiger partial charge in [0.15, 0.2) is 0 Å². The molecule has 2 aromatic rings. The second kappa shape index (κ2) is 9.24. The normalized spacial score (nSPS) is 27.1.